The van der Waals surface area contributed by atoms with E-state index in [1.165, 1.54) is 0 Å². The third-order valence-corrected chi connectivity index (χ3v) is 4.53. The van der Waals surface area contributed by atoms with Crippen LogP contribution in [0.4, 0.5) is 0 Å². The van der Waals surface area contributed by atoms with Crippen LogP contribution in [0, 0.1) is 5.41 Å². The molecule has 1 aromatic carbocycles. The van der Waals surface area contributed by atoms with Gasteiger partial charge in [0.2, 0.25) is 0 Å². The number of piperidine rings is 1. The third kappa shape index (κ3) is 3.41. The lowest BCUT2D eigenvalue weighted by atomic mass is 9.79. The smallest absolute Gasteiger partial charge is 0.257 e. The summed E-state index contributed by atoms with van der Waals surface area (Å²) >= 11 is 0. The number of carbonyl (C=O) groups is 1. The van der Waals surface area contributed by atoms with Gasteiger partial charge in [-0.25, -0.2) is 0 Å². The second-order valence-corrected chi connectivity index (χ2v) is 6.64. The van der Waals surface area contributed by atoms with E-state index in [9.17, 15) is 4.79 Å². The van der Waals surface area contributed by atoms with Crippen molar-refractivity contribution in [1.82, 2.24) is 15.1 Å². The Labute approximate surface area is 142 Å². The van der Waals surface area contributed by atoms with Gasteiger partial charge < -0.3 is 10.6 Å². The number of hydrogen-bond acceptors (Lipinski definition) is 3. The first kappa shape index (κ1) is 17.5. The van der Waals surface area contributed by atoms with E-state index < -0.39 is 0 Å². The standard InChI is InChI=1S/C17H22N4O.ClH/c1-17(2)11-21(9-8-14(17)18)16(22)13-10-19-20-15(13)12-6-4-3-5-7-12;/h3-7,10,14H,8-9,11,18H2,1-2H3,(H,19,20);1H. The molecule has 1 saturated heterocycles. The summed E-state index contributed by atoms with van der Waals surface area (Å²) in [4.78, 5) is 14.8. The molecule has 0 radical (unpaired) electrons. The van der Waals surface area contributed by atoms with Crippen molar-refractivity contribution < 1.29 is 4.79 Å². The van der Waals surface area contributed by atoms with E-state index in [4.69, 9.17) is 5.73 Å². The van der Waals surface area contributed by atoms with E-state index in [0.717, 1.165) is 17.7 Å². The SMILES string of the molecule is CC1(C)CN(C(=O)c2cn[nH]c2-c2ccccc2)CCC1N.Cl. The van der Waals surface area contributed by atoms with Crippen LogP contribution in [0.1, 0.15) is 30.6 Å². The minimum atomic E-state index is -0.0649. The largest absolute Gasteiger partial charge is 0.338 e. The molecule has 0 saturated carbocycles. The van der Waals surface area contributed by atoms with Crippen LogP contribution >= 0.6 is 12.4 Å². The van der Waals surface area contributed by atoms with Crippen molar-refractivity contribution in [1.29, 1.82) is 0 Å². The van der Waals surface area contributed by atoms with Crippen LogP contribution in [0.25, 0.3) is 11.3 Å². The van der Waals surface area contributed by atoms with Gasteiger partial charge in [0.05, 0.1) is 17.5 Å². The highest BCUT2D eigenvalue weighted by Gasteiger charge is 2.36. The van der Waals surface area contributed by atoms with Gasteiger partial charge >= 0.3 is 0 Å². The maximum atomic E-state index is 12.9. The number of benzene rings is 1. The molecule has 23 heavy (non-hydrogen) atoms. The predicted molar refractivity (Wildman–Crippen MR) is 93.5 cm³/mol. The topological polar surface area (TPSA) is 75.0 Å². The molecular weight excluding hydrogens is 312 g/mol. The number of carbonyl (C=O) groups excluding carboxylic acids is 1. The maximum absolute atomic E-state index is 12.9. The first-order chi connectivity index (χ1) is 10.5. The predicted octanol–water partition coefficient (Wildman–Crippen LogP) is 2.70. The van der Waals surface area contributed by atoms with Crippen LogP contribution in [0.2, 0.25) is 0 Å². The van der Waals surface area contributed by atoms with E-state index in [1.54, 1.807) is 6.20 Å². The van der Waals surface area contributed by atoms with Gasteiger partial charge in [-0.05, 0) is 11.8 Å². The van der Waals surface area contributed by atoms with Gasteiger partial charge in [0, 0.05) is 24.7 Å². The second-order valence-electron chi connectivity index (χ2n) is 6.64. The Kier molecular flexibility index (Phi) is 5.12. The number of amides is 1. The third-order valence-electron chi connectivity index (χ3n) is 4.53. The molecule has 6 heteroatoms. The molecule has 1 aromatic heterocycles. The molecule has 124 valence electrons. The van der Waals surface area contributed by atoms with Crippen LogP contribution < -0.4 is 5.73 Å². The number of rotatable bonds is 2. The fourth-order valence-electron chi connectivity index (χ4n) is 2.99. The van der Waals surface area contributed by atoms with E-state index in [1.807, 2.05) is 35.2 Å². The van der Waals surface area contributed by atoms with Crippen LogP contribution in [0.15, 0.2) is 36.5 Å². The number of nitrogens with one attached hydrogen (secondary N) is 1. The summed E-state index contributed by atoms with van der Waals surface area (Å²) < 4.78 is 0. The van der Waals surface area contributed by atoms with Crippen molar-refractivity contribution >= 4 is 18.3 Å². The van der Waals surface area contributed by atoms with E-state index in [-0.39, 0.29) is 29.8 Å². The minimum Gasteiger partial charge on any atom is -0.338 e. The van der Waals surface area contributed by atoms with Gasteiger partial charge in [0.15, 0.2) is 0 Å². The molecule has 1 unspecified atom stereocenters. The average molecular weight is 335 g/mol. The number of aromatic nitrogens is 2. The van der Waals surface area contributed by atoms with Crippen molar-refractivity contribution in [3.8, 4) is 11.3 Å². The lowest BCUT2D eigenvalue weighted by molar-refractivity contribution is 0.0534. The summed E-state index contributed by atoms with van der Waals surface area (Å²) in [5.74, 6) is 0.0209. The lowest BCUT2D eigenvalue weighted by Gasteiger charge is -2.42. The maximum Gasteiger partial charge on any atom is 0.257 e. The Hall–Kier alpha value is -1.85. The number of nitrogens with two attached hydrogens (primary N) is 1. The molecule has 1 fully saturated rings. The summed E-state index contributed by atoms with van der Waals surface area (Å²) in [6.45, 7) is 5.60. The van der Waals surface area contributed by atoms with Crippen molar-refractivity contribution in [2.24, 2.45) is 11.1 Å². The number of nitrogens with zero attached hydrogens (tertiary/aromatic N) is 2. The first-order valence-electron chi connectivity index (χ1n) is 7.63. The number of H-pyrrole nitrogens is 1. The first-order valence-corrected chi connectivity index (χ1v) is 7.63. The molecule has 3 N–H and O–H groups in total. The highest BCUT2D eigenvalue weighted by atomic mass is 35.5. The fourth-order valence-corrected chi connectivity index (χ4v) is 2.99. The van der Waals surface area contributed by atoms with Crippen molar-refractivity contribution in [2.45, 2.75) is 26.3 Å². The van der Waals surface area contributed by atoms with Gasteiger partial charge in [0.1, 0.15) is 0 Å². The Morgan fingerprint density at radius 3 is 2.70 bits per heavy atom. The van der Waals surface area contributed by atoms with Gasteiger partial charge in [-0.2, -0.15) is 5.10 Å². The Bertz CT molecular complexity index is 668. The minimum absolute atomic E-state index is 0. The highest BCUT2D eigenvalue weighted by molar-refractivity contribution is 5.99. The number of aromatic amines is 1. The van der Waals surface area contributed by atoms with Gasteiger partial charge in [-0.1, -0.05) is 44.2 Å². The molecule has 1 amide bonds. The molecule has 1 aliphatic heterocycles. The summed E-state index contributed by atoms with van der Waals surface area (Å²) in [6.07, 6.45) is 2.45. The van der Waals surface area contributed by atoms with E-state index in [0.29, 0.717) is 18.7 Å². The molecule has 0 bridgehead atoms. The molecule has 0 spiro atoms. The van der Waals surface area contributed by atoms with Crippen LogP contribution in [0.5, 0.6) is 0 Å². The highest BCUT2D eigenvalue weighted by Crippen LogP contribution is 2.30. The van der Waals surface area contributed by atoms with Gasteiger partial charge in [-0.3, -0.25) is 9.89 Å². The van der Waals surface area contributed by atoms with Crippen molar-refractivity contribution in [3.63, 3.8) is 0 Å². The Morgan fingerprint density at radius 2 is 2.04 bits per heavy atom. The molecule has 2 heterocycles. The zero-order valence-electron chi connectivity index (χ0n) is 13.5. The van der Waals surface area contributed by atoms with Crippen LogP contribution in [0.3, 0.4) is 0 Å². The van der Waals surface area contributed by atoms with E-state index in [2.05, 4.69) is 24.0 Å². The lowest BCUT2D eigenvalue weighted by Crippen LogP contribution is -2.54. The molecule has 1 aliphatic rings. The average Bonchev–Trinajstić information content (AvgIpc) is 2.99. The zero-order chi connectivity index (χ0) is 15.7. The van der Waals surface area contributed by atoms with E-state index >= 15 is 0 Å². The number of hydrogen-bond donors (Lipinski definition) is 2. The normalized spacial score (nSPS) is 20.0. The quantitative estimate of drug-likeness (QED) is 0.886. The van der Waals surface area contributed by atoms with Crippen molar-refractivity contribution in [3.05, 3.63) is 42.1 Å². The number of halogens is 1. The van der Waals surface area contributed by atoms with Gasteiger partial charge in [0.25, 0.3) is 5.91 Å². The molecule has 5 nitrogen and oxygen atoms in total. The van der Waals surface area contributed by atoms with Crippen molar-refractivity contribution in [2.75, 3.05) is 13.1 Å². The van der Waals surface area contributed by atoms with Crippen LogP contribution in [-0.4, -0.2) is 40.1 Å². The second kappa shape index (κ2) is 6.72. The summed E-state index contributed by atoms with van der Waals surface area (Å²) in [5, 5.41) is 7.02. The molecule has 0 aliphatic carbocycles. The molecule has 3 rings (SSSR count). The monoisotopic (exact) mass is 334 g/mol. The Balaban J connectivity index is 0.00000192. The van der Waals surface area contributed by atoms with Gasteiger partial charge in [-0.15, -0.1) is 12.4 Å². The summed E-state index contributed by atoms with van der Waals surface area (Å²) in [5.41, 5.74) is 8.46. The Morgan fingerprint density at radius 1 is 1.35 bits per heavy atom. The summed E-state index contributed by atoms with van der Waals surface area (Å²) in [6, 6.07) is 9.94. The molecule has 2 aromatic rings. The molecule has 1 atom stereocenters. The summed E-state index contributed by atoms with van der Waals surface area (Å²) in [7, 11) is 0. The zero-order valence-corrected chi connectivity index (χ0v) is 14.3. The molecular formula is C17H23ClN4O. The fraction of sp³-hybridized carbons (Fsp3) is 0.412. The van der Waals surface area contributed by atoms with Crippen LogP contribution in [-0.2, 0) is 0 Å². The number of likely N-dealkylation sites (tertiary alicyclic amines) is 1.